The molecule has 2 aromatic heterocycles. The molecule has 0 fully saturated rings. The number of hydrogen-bond acceptors (Lipinski definition) is 9. The third-order valence-electron chi connectivity index (χ3n) is 5.31. The summed E-state index contributed by atoms with van der Waals surface area (Å²) >= 11 is 0. The maximum Gasteiger partial charge on any atom is 0.343 e. The molecule has 0 atom stereocenters. The first-order chi connectivity index (χ1) is 17.2. The third-order valence-corrected chi connectivity index (χ3v) is 5.31. The number of ether oxygens (including phenoxy) is 1. The molecule has 2 aromatic carbocycles. The normalized spacial score (nSPS) is 10.7. The first-order valence-corrected chi connectivity index (χ1v) is 10.6. The van der Waals surface area contributed by atoms with Crippen LogP contribution in [0.4, 0.5) is 17.2 Å². The maximum atomic E-state index is 13.1. The van der Waals surface area contributed by atoms with E-state index in [0.29, 0.717) is 5.52 Å². The van der Waals surface area contributed by atoms with E-state index in [1.54, 1.807) is 31.2 Å². The molecule has 0 aliphatic heterocycles. The molecule has 4 aromatic rings. The molecule has 13 heteroatoms. The zero-order valence-corrected chi connectivity index (χ0v) is 19.0. The standard InChI is InChI=1S/C23H18N6O7/c1-3-36-23(31)16-12-24-27(20-9-8-14-6-4-5-7-17(14)25-20)21(16)26-22(30)15-10-18(28(32)33)13(2)19(11-15)29(34)35/h4-12H,3H2,1-2H3,(H,26,30). The topological polar surface area (TPSA) is 172 Å². The fourth-order valence-corrected chi connectivity index (χ4v) is 3.55. The van der Waals surface area contributed by atoms with Crippen molar-refractivity contribution in [2.75, 3.05) is 11.9 Å². The number of rotatable bonds is 7. The van der Waals surface area contributed by atoms with Gasteiger partial charge in [0.05, 0.1) is 33.7 Å². The molecule has 0 aliphatic carbocycles. The Morgan fingerprint density at radius 1 is 1.06 bits per heavy atom. The number of nitrogens with one attached hydrogen (secondary N) is 1. The van der Waals surface area contributed by atoms with Gasteiger partial charge in [0, 0.05) is 17.5 Å². The number of carbonyl (C=O) groups is 2. The number of esters is 1. The van der Waals surface area contributed by atoms with E-state index in [4.69, 9.17) is 4.74 Å². The molecule has 1 N–H and O–H groups in total. The van der Waals surface area contributed by atoms with Crippen LogP contribution in [0.5, 0.6) is 0 Å². The molecule has 0 radical (unpaired) electrons. The maximum absolute atomic E-state index is 13.1. The SMILES string of the molecule is CCOC(=O)c1cnn(-c2ccc3ccccc3n2)c1NC(=O)c1cc([N+](=O)[O-])c(C)c([N+](=O)[O-])c1. The molecule has 0 aliphatic rings. The molecule has 182 valence electrons. The molecule has 1 amide bonds. The number of hydrogen-bond donors (Lipinski definition) is 1. The number of nitrogens with zero attached hydrogens (tertiary/aromatic N) is 5. The van der Waals surface area contributed by atoms with Crippen molar-refractivity contribution in [3.63, 3.8) is 0 Å². The quantitative estimate of drug-likeness (QED) is 0.228. The van der Waals surface area contributed by atoms with E-state index >= 15 is 0 Å². The molecule has 0 spiro atoms. The van der Waals surface area contributed by atoms with Gasteiger partial charge in [0.2, 0.25) is 0 Å². The molecule has 0 saturated heterocycles. The lowest BCUT2D eigenvalue weighted by Gasteiger charge is -2.11. The van der Waals surface area contributed by atoms with Crippen LogP contribution < -0.4 is 5.32 Å². The fraction of sp³-hybridized carbons (Fsp3) is 0.130. The summed E-state index contributed by atoms with van der Waals surface area (Å²) < 4.78 is 6.25. The van der Waals surface area contributed by atoms with Crippen molar-refractivity contribution >= 4 is 40.0 Å². The number of amides is 1. The van der Waals surface area contributed by atoms with E-state index in [1.807, 2.05) is 12.1 Å². The van der Waals surface area contributed by atoms with Crippen LogP contribution in [0, 0.1) is 27.2 Å². The predicted molar refractivity (Wildman–Crippen MR) is 127 cm³/mol. The van der Waals surface area contributed by atoms with Crippen molar-refractivity contribution < 1.29 is 24.2 Å². The number of carbonyl (C=O) groups excluding carboxylic acids is 2. The molecular weight excluding hydrogens is 472 g/mol. The predicted octanol–water partition coefficient (Wildman–Crippen LogP) is 3.97. The van der Waals surface area contributed by atoms with Crippen LogP contribution in [0.2, 0.25) is 0 Å². The Kier molecular flexibility index (Phi) is 6.37. The first kappa shape index (κ1) is 23.9. The van der Waals surface area contributed by atoms with Gasteiger partial charge in [-0.25, -0.2) is 9.78 Å². The van der Waals surface area contributed by atoms with E-state index in [-0.39, 0.29) is 34.9 Å². The minimum absolute atomic E-state index is 0.0575. The van der Waals surface area contributed by atoms with Gasteiger partial charge in [-0.2, -0.15) is 9.78 Å². The van der Waals surface area contributed by atoms with Gasteiger partial charge in [0.1, 0.15) is 11.1 Å². The Morgan fingerprint density at radius 3 is 2.36 bits per heavy atom. The number of para-hydroxylation sites is 1. The summed E-state index contributed by atoms with van der Waals surface area (Å²) in [5, 5.41) is 30.3. The summed E-state index contributed by atoms with van der Waals surface area (Å²) in [7, 11) is 0. The average Bonchev–Trinajstić information content (AvgIpc) is 3.27. The number of anilines is 1. The van der Waals surface area contributed by atoms with E-state index in [1.165, 1.54) is 17.8 Å². The lowest BCUT2D eigenvalue weighted by atomic mass is 10.1. The molecular formula is C23H18N6O7. The summed E-state index contributed by atoms with van der Waals surface area (Å²) in [6, 6.07) is 12.5. The molecule has 0 bridgehead atoms. The minimum Gasteiger partial charge on any atom is -0.462 e. The highest BCUT2D eigenvalue weighted by atomic mass is 16.6. The van der Waals surface area contributed by atoms with Crippen molar-refractivity contribution in [3.8, 4) is 5.82 Å². The van der Waals surface area contributed by atoms with Gasteiger partial charge in [0.15, 0.2) is 11.6 Å². The Morgan fingerprint density at radius 2 is 1.72 bits per heavy atom. The summed E-state index contributed by atoms with van der Waals surface area (Å²) in [6.45, 7) is 2.88. The fourth-order valence-electron chi connectivity index (χ4n) is 3.55. The molecule has 13 nitrogen and oxygen atoms in total. The third kappa shape index (κ3) is 4.44. The second-order valence-electron chi connectivity index (χ2n) is 7.51. The summed E-state index contributed by atoms with van der Waals surface area (Å²) in [5.41, 5.74) is -1.21. The Bertz CT molecular complexity index is 1510. The van der Waals surface area contributed by atoms with Crippen LogP contribution >= 0.6 is 0 Å². The van der Waals surface area contributed by atoms with Gasteiger partial charge < -0.3 is 10.1 Å². The Hall–Kier alpha value is -5.20. The zero-order valence-electron chi connectivity index (χ0n) is 19.0. The second kappa shape index (κ2) is 9.58. The van der Waals surface area contributed by atoms with E-state index in [9.17, 15) is 29.8 Å². The number of fused-ring (bicyclic) bond motifs is 1. The highest BCUT2D eigenvalue weighted by molar-refractivity contribution is 6.08. The van der Waals surface area contributed by atoms with Crippen molar-refractivity contribution in [2.45, 2.75) is 13.8 Å². The highest BCUT2D eigenvalue weighted by Crippen LogP contribution is 2.30. The number of nitro benzene ring substituents is 2. The monoisotopic (exact) mass is 490 g/mol. The van der Waals surface area contributed by atoms with Gasteiger partial charge in [-0.05, 0) is 32.0 Å². The smallest absolute Gasteiger partial charge is 0.343 e. The Labute approximate surface area is 202 Å². The lowest BCUT2D eigenvalue weighted by Crippen LogP contribution is -2.19. The second-order valence-corrected chi connectivity index (χ2v) is 7.51. The van der Waals surface area contributed by atoms with Gasteiger partial charge in [-0.1, -0.05) is 18.2 Å². The van der Waals surface area contributed by atoms with Crippen LogP contribution in [0.3, 0.4) is 0 Å². The van der Waals surface area contributed by atoms with Crippen LogP contribution in [0.25, 0.3) is 16.7 Å². The van der Waals surface area contributed by atoms with Gasteiger partial charge in [0.25, 0.3) is 17.3 Å². The minimum atomic E-state index is -0.936. The van der Waals surface area contributed by atoms with Crippen molar-refractivity contribution in [2.24, 2.45) is 0 Å². The van der Waals surface area contributed by atoms with Crippen molar-refractivity contribution in [1.29, 1.82) is 0 Å². The van der Waals surface area contributed by atoms with E-state index in [2.05, 4.69) is 15.4 Å². The average molecular weight is 490 g/mol. The van der Waals surface area contributed by atoms with Crippen LogP contribution in [-0.4, -0.2) is 43.1 Å². The van der Waals surface area contributed by atoms with Crippen LogP contribution in [-0.2, 0) is 4.74 Å². The number of pyridine rings is 1. The summed E-state index contributed by atoms with van der Waals surface area (Å²) in [4.78, 5) is 51.4. The summed E-state index contributed by atoms with van der Waals surface area (Å²) in [5.74, 6) is -1.57. The van der Waals surface area contributed by atoms with Crippen LogP contribution in [0.1, 0.15) is 33.2 Å². The van der Waals surface area contributed by atoms with E-state index < -0.39 is 33.1 Å². The Balaban J connectivity index is 1.82. The number of benzene rings is 2. The summed E-state index contributed by atoms with van der Waals surface area (Å²) in [6.07, 6.45) is 1.19. The largest absolute Gasteiger partial charge is 0.462 e. The molecule has 0 unspecified atom stereocenters. The molecule has 36 heavy (non-hydrogen) atoms. The zero-order chi connectivity index (χ0) is 26.0. The highest BCUT2D eigenvalue weighted by Gasteiger charge is 2.28. The van der Waals surface area contributed by atoms with Gasteiger partial charge in [-0.3, -0.25) is 25.0 Å². The molecule has 4 rings (SSSR count). The van der Waals surface area contributed by atoms with Crippen LogP contribution in [0.15, 0.2) is 54.7 Å². The van der Waals surface area contributed by atoms with Gasteiger partial charge >= 0.3 is 5.97 Å². The molecule has 0 saturated carbocycles. The first-order valence-electron chi connectivity index (χ1n) is 10.6. The van der Waals surface area contributed by atoms with Gasteiger partial charge in [-0.15, -0.1) is 0 Å². The van der Waals surface area contributed by atoms with Crippen molar-refractivity contribution in [1.82, 2.24) is 14.8 Å². The number of nitro groups is 2. The number of aromatic nitrogens is 3. The lowest BCUT2D eigenvalue weighted by molar-refractivity contribution is -0.395. The molecule has 2 heterocycles. The van der Waals surface area contributed by atoms with E-state index in [0.717, 1.165) is 17.5 Å². The van der Waals surface area contributed by atoms with Crippen molar-refractivity contribution in [3.05, 3.63) is 91.6 Å².